The Labute approximate surface area is 131 Å². The Hall–Kier alpha value is -2.04. The van der Waals surface area contributed by atoms with Crippen LogP contribution >= 0.6 is 0 Å². The third-order valence-corrected chi connectivity index (χ3v) is 4.19. The van der Waals surface area contributed by atoms with Gasteiger partial charge in [0.15, 0.2) is 0 Å². The SMILES string of the molecule is NC(=O)Nc1cccc(C(=O)NCCCC2CCCCC2)c1. The molecule has 0 aromatic heterocycles. The van der Waals surface area contributed by atoms with Crippen LogP contribution in [0.4, 0.5) is 10.5 Å². The van der Waals surface area contributed by atoms with Gasteiger partial charge in [-0.2, -0.15) is 0 Å². The highest BCUT2D eigenvalue weighted by atomic mass is 16.2. The summed E-state index contributed by atoms with van der Waals surface area (Å²) < 4.78 is 0. The number of hydrogen-bond donors (Lipinski definition) is 3. The Morgan fingerprint density at radius 1 is 1.18 bits per heavy atom. The number of amides is 3. The summed E-state index contributed by atoms with van der Waals surface area (Å²) in [5.74, 6) is 0.727. The van der Waals surface area contributed by atoms with Crippen molar-refractivity contribution in [2.24, 2.45) is 11.7 Å². The van der Waals surface area contributed by atoms with Gasteiger partial charge in [0.2, 0.25) is 0 Å². The number of nitrogens with one attached hydrogen (secondary N) is 2. The van der Waals surface area contributed by atoms with Gasteiger partial charge in [-0.05, 0) is 37.0 Å². The van der Waals surface area contributed by atoms with Crippen molar-refractivity contribution in [1.29, 1.82) is 0 Å². The second-order valence-corrected chi connectivity index (χ2v) is 5.97. The third-order valence-electron chi connectivity index (χ3n) is 4.19. The molecule has 5 heteroatoms. The predicted molar refractivity (Wildman–Crippen MR) is 87.8 cm³/mol. The molecular weight excluding hydrogens is 278 g/mol. The first-order chi connectivity index (χ1) is 10.6. The van der Waals surface area contributed by atoms with Crippen LogP contribution in [0.5, 0.6) is 0 Å². The van der Waals surface area contributed by atoms with Gasteiger partial charge in [-0.25, -0.2) is 4.79 Å². The number of rotatable bonds is 6. The number of hydrogen-bond acceptors (Lipinski definition) is 2. The molecule has 1 aliphatic carbocycles. The van der Waals surface area contributed by atoms with E-state index in [-0.39, 0.29) is 5.91 Å². The maximum Gasteiger partial charge on any atom is 0.316 e. The molecule has 0 radical (unpaired) electrons. The van der Waals surface area contributed by atoms with Crippen molar-refractivity contribution < 1.29 is 9.59 Å². The zero-order chi connectivity index (χ0) is 15.8. The fourth-order valence-corrected chi connectivity index (χ4v) is 3.05. The second-order valence-electron chi connectivity index (χ2n) is 5.97. The highest BCUT2D eigenvalue weighted by Crippen LogP contribution is 2.26. The van der Waals surface area contributed by atoms with E-state index < -0.39 is 6.03 Å². The topological polar surface area (TPSA) is 84.2 Å². The predicted octanol–water partition coefficient (Wildman–Crippen LogP) is 3.27. The molecular formula is C17H25N3O2. The molecule has 1 fully saturated rings. The minimum atomic E-state index is -0.634. The molecule has 0 atom stereocenters. The molecule has 0 bridgehead atoms. The number of primary amides is 1. The van der Waals surface area contributed by atoms with E-state index in [1.54, 1.807) is 24.3 Å². The highest BCUT2D eigenvalue weighted by Gasteiger charge is 2.13. The van der Waals surface area contributed by atoms with Crippen LogP contribution in [0.25, 0.3) is 0 Å². The number of urea groups is 1. The summed E-state index contributed by atoms with van der Waals surface area (Å²) in [7, 11) is 0. The Morgan fingerprint density at radius 2 is 1.95 bits per heavy atom. The lowest BCUT2D eigenvalue weighted by atomic mass is 9.86. The quantitative estimate of drug-likeness (QED) is 0.705. The van der Waals surface area contributed by atoms with Gasteiger partial charge < -0.3 is 16.4 Å². The summed E-state index contributed by atoms with van der Waals surface area (Å²) in [5.41, 5.74) is 6.13. The number of nitrogens with two attached hydrogens (primary N) is 1. The third kappa shape index (κ3) is 5.39. The molecule has 5 nitrogen and oxygen atoms in total. The Bertz CT molecular complexity index is 510. The molecule has 1 saturated carbocycles. The summed E-state index contributed by atoms with van der Waals surface area (Å²) >= 11 is 0. The summed E-state index contributed by atoms with van der Waals surface area (Å²) in [6, 6.07) is 6.14. The molecule has 4 N–H and O–H groups in total. The summed E-state index contributed by atoms with van der Waals surface area (Å²) in [5, 5.41) is 5.41. The average Bonchev–Trinajstić information content (AvgIpc) is 2.52. The monoisotopic (exact) mass is 303 g/mol. The Kier molecular flexibility index (Phi) is 6.25. The number of carbonyl (C=O) groups is 2. The Morgan fingerprint density at radius 3 is 2.68 bits per heavy atom. The van der Waals surface area contributed by atoms with Gasteiger partial charge in [0, 0.05) is 17.8 Å². The molecule has 1 aromatic carbocycles. The van der Waals surface area contributed by atoms with Gasteiger partial charge >= 0.3 is 6.03 Å². The van der Waals surface area contributed by atoms with Gasteiger partial charge in [0.1, 0.15) is 0 Å². The molecule has 0 spiro atoms. The van der Waals surface area contributed by atoms with E-state index in [1.807, 2.05) is 0 Å². The fraction of sp³-hybridized carbons (Fsp3) is 0.529. The molecule has 0 aliphatic heterocycles. The first-order valence-corrected chi connectivity index (χ1v) is 8.10. The van der Waals surface area contributed by atoms with Crippen LogP contribution in [0, 0.1) is 5.92 Å². The number of anilines is 1. The minimum absolute atomic E-state index is 0.114. The zero-order valence-electron chi connectivity index (χ0n) is 12.9. The van der Waals surface area contributed by atoms with Crippen molar-refractivity contribution in [2.75, 3.05) is 11.9 Å². The van der Waals surface area contributed by atoms with E-state index >= 15 is 0 Å². The molecule has 0 heterocycles. The first kappa shape index (κ1) is 16.3. The number of benzene rings is 1. The van der Waals surface area contributed by atoms with Crippen molar-refractivity contribution >= 4 is 17.6 Å². The summed E-state index contributed by atoms with van der Waals surface area (Å²) in [6.45, 7) is 0.697. The van der Waals surface area contributed by atoms with Crippen LogP contribution in [0.2, 0.25) is 0 Å². The van der Waals surface area contributed by atoms with Gasteiger partial charge in [0.05, 0.1) is 0 Å². The van der Waals surface area contributed by atoms with Gasteiger partial charge in [-0.1, -0.05) is 38.2 Å². The first-order valence-electron chi connectivity index (χ1n) is 8.10. The lowest BCUT2D eigenvalue weighted by molar-refractivity contribution is 0.0952. The smallest absolute Gasteiger partial charge is 0.316 e. The van der Waals surface area contributed by atoms with E-state index in [9.17, 15) is 9.59 Å². The van der Waals surface area contributed by atoms with Crippen molar-refractivity contribution in [3.8, 4) is 0 Å². The van der Waals surface area contributed by atoms with Crippen LogP contribution in [0.1, 0.15) is 55.3 Å². The minimum Gasteiger partial charge on any atom is -0.352 e. The van der Waals surface area contributed by atoms with E-state index in [1.165, 1.54) is 38.5 Å². The molecule has 120 valence electrons. The summed E-state index contributed by atoms with van der Waals surface area (Å²) in [4.78, 5) is 22.9. The van der Waals surface area contributed by atoms with Crippen molar-refractivity contribution in [3.63, 3.8) is 0 Å². The molecule has 0 unspecified atom stereocenters. The zero-order valence-corrected chi connectivity index (χ0v) is 12.9. The fourth-order valence-electron chi connectivity index (χ4n) is 3.05. The van der Waals surface area contributed by atoms with Crippen LogP contribution in [0.3, 0.4) is 0 Å². The molecule has 1 aromatic rings. The van der Waals surface area contributed by atoms with Gasteiger partial charge in [-0.15, -0.1) is 0 Å². The maximum atomic E-state index is 12.1. The van der Waals surface area contributed by atoms with Crippen LogP contribution in [-0.2, 0) is 0 Å². The van der Waals surface area contributed by atoms with Crippen molar-refractivity contribution in [2.45, 2.75) is 44.9 Å². The molecule has 22 heavy (non-hydrogen) atoms. The van der Waals surface area contributed by atoms with E-state index in [0.29, 0.717) is 17.8 Å². The van der Waals surface area contributed by atoms with E-state index in [2.05, 4.69) is 10.6 Å². The van der Waals surface area contributed by atoms with Gasteiger partial charge in [0.25, 0.3) is 5.91 Å². The van der Waals surface area contributed by atoms with Crippen molar-refractivity contribution in [3.05, 3.63) is 29.8 Å². The molecule has 0 saturated heterocycles. The maximum absolute atomic E-state index is 12.1. The average molecular weight is 303 g/mol. The highest BCUT2D eigenvalue weighted by molar-refractivity contribution is 5.96. The normalized spacial score (nSPS) is 15.3. The molecule has 2 rings (SSSR count). The van der Waals surface area contributed by atoms with E-state index in [4.69, 9.17) is 5.73 Å². The second kappa shape index (κ2) is 8.41. The standard InChI is InChI=1S/C17H25N3O2/c18-17(22)20-15-10-4-9-14(12-15)16(21)19-11-5-8-13-6-2-1-3-7-13/h4,9-10,12-13H,1-3,5-8,11H2,(H,19,21)(H3,18,20,22). The molecule has 3 amide bonds. The van der Waals surface area contributed by atoms with Crippen LogP contribution in [0.15, 0.2) is 24.3 Å². The van der Waals surface area contributed by atoms with Crippen LogP contribution in [-0.4, -0.2) is 18.5 Å². The number of carbonyl (C=O) groups excluding carboxylic acids is 2. The van der Waals surface area contributed by atoms with E-state index in [0.717, 1.165) is 12.3 Å². The lowest BCUT2D eigenvalue weighted by Crippen LogP contribution is -2.25. The Balaban J connectivity index is 1.73. The van der Waals surface area contributed by atoms with Gasteiger partial charge in [-0.3, -0.25) is 4.79 Å². The van der Waals surface area contributed by atoms with Crippen molar-refractivity contribution in [1.82, 2.24) is 5.32 Å². The largest absolute Gasteiger partial charge is 0.352 e. The summed E-state index contributed by atoms with van der Waals surface area (Å²) in [6.07, 6.45) is 9.00. The lowest BCUT2D eigenvalue weighted by Gasteiger charge is -2.21. The molecule has 1 aliphatic rings. The van der Waals surface area contributed by atoms with Crippen LogP contribution < -0.4 is 16.4 Å².